The molecule has 2 rings (SSSR count). The van der Waals surface area contributed by atoms with Crippen molar-refractivity contribution in [3.05, 3.63) is 28.5 Å². The molecule has 2 heterocycles. The van der Waals surface area contributed by atoms with E-state index in [-0.39, 0.29) is 0 Å². The maximum absolute atomic E-state index is 5.71. The number of hydrogen-bond acceptors (Lipinski definition) is 4. The quantitative estimate of drug-likeness (QED) is 0.827. The summed E-state index contributed by atoms with van der Waals surface area (Å²) in [5.74, 6) is 0. The third-order valence-electron chi connectivity index (χ3n) is 1.50. The smallest absolute Gasteiger partial charge is 0.180 e. The summed E-state index contributed by atoms with van der Waals surface area (Å²) < 4.78 is 1.72. The first-order valence-corrected chi connectivity index (χ1v) is 4.87. The Morgan fingerprint density at radius 3 is 3.00 bits per heavy atom. The molecule has 0 aromatic carbocycles. The van der Waals surface area contributed by atoms with E-state index >= 15 is 0 Å². The number of thiazole rings is 1. The van der Waals surface area contributed by atoms with E-state index < -0.39 is 0 Å². The molecule has 6 heteroatoms. The Balaban J connectivity index is 2.14. The van der Waals surface area contributed by atoms with Crippen LogP contribution in [0.1, 0.15) is 5.69 Å². The lowest BCUT2D eigenvalue weighted by molar-refractivity contribution is 0.676. The van der Waals surface area contributed by atoms with E-state index in [9.17, 15) is 0 Å². The van der Waals surface area contributed by atoms with Gasteiger partial charge in [0.1, 0.15) is 0 Å². The Hall–Kier alpha value is -1.07. The Morgan fingerprint density at radius 1 is 1.62 bits per heavy atom. The van der Waals surface area contributed by atoms with E-state index in [1.807, 2.05) is 5.38 Å². The van der Waals surface area contributed by atoms with Crippen molar-refractivity contribution >= 4 is 28.1 Å². The minimum atomic E-state index is 0.577. The van der Waals surface area contributed by atoms with Gasteiger partial charge in [0.05, 0.1) is 23.5 Å². The molecule has 0 fully saturated rings. The first-order valence-electron chi connectivity index (χ1n) is 3.62. The number of halogens is 1. The summed E-state index contributed by atoms with van der Waals surface area (Å²) in [5, 5.41) is 7.14. The number of nitrogens with zero attached hydrogens (tertiary/aromatic N) is 3. The maximum Gasteiger partial charge on any atom is 0.180 e. The van der Waals surface area contributed by atoms with Gasteiger partial charge in [-0.3, -0.25) is 4.68 Å². The molecule has 0 unspecified atom stereocenters. The van der Waals surface area contributed by atoms with Crippen molar-refractivity contribution in [2.45, 2.75) is 6.54 Å². The number of rotatable bonds is 2. The lowest BCUT2D eigenvalue weighted by atomic mass is 10.5. The summed E-state index contributed by atoms with van der Waals surface area (Å²) in [6, 6.07) is 0. The molecule has 2 aromatic rings. The van der Waals surface area contributed by atoms with Gasteiger partial charge in [-0.25, -0.2) is 4.98 Å². The molecule has 0 saturated heterocycles. The van der Waals surface area contributed by atoms with Crippen LogP contribution in [-0.2, 0) is 6.54 Å². The highest BCUT2D eigenvalue weighted by Gasteiger charge is 2.00. The summed E-state index contributed by atoms with van der Waals surface area (Å²) in [6.45, 7) is 0.612. The summed E-state index contributed by atoms with van der Waals surface area (Å²) in [7, 11) is 0. The average Bonchev–Trinajstić information content (AvgIpc) is 2.62. The Bertz CT molecular complexity index is 370. The summed E-state index contributed by atoms with van der Waals surface area (Å²) in [6.07, 6.45) is 3.34. The van der Waals surface area contributed by atoms with Gasteiger partial charge in [-0.1, -0.05) is 11.6 Å². The van der Waals surface area contributed by atoms with Crippen LogP contribution in [0.3, 0.4) is 0 Å². The Kier molecular flexibility index (Phi) is 2.20. The van der Waals surface area contributed by atoms with E-state index in [1.165, 1.54) is 11.3 Å². The molecule has 0 atom stereocenters. The molecule has 13 heavy (non-hydrogen) atoms. The summed E-state index contributed by atoms with van der Waals surface area (Å²) in [5.41, 5.74) is 6.39. The van der Waals surface area contributed by atoms with Crippen molar-refractivity contribution in [2.75, 3.05) is 5.73 Å². The fourth-order valence-corrected chi connectivity index (χ4v) is 1.70. The van der Waals surface area contributed by atoms with Crippen LogP contribution < -0.4 is 5.73 Å². The summed E-state index contributed by atoms with van der Waals surface area (Å²) >= 11 is 7.13. The van der Waals surface area contributed by atoms with E-state index in [0.717, 1.165) is 5.69 Å². The molecule has 0 saturated carbocycles. The van der Waals surface area contributed by atoms with Crippen molar-refractivity contribution in [1.82, 2.24) is 14.8 Å². The Labute approximate surface area is 84.0 Å². The first kappa shape index (κ1) is 8.52. The van der Waals surface area contributed by atoms with Crippen LogP contribution in [0.2, 0.25) is 5.02 Å². The number of nitrogens with two attached hydrogens (primary N) is 1. The van der Waals surface area contributed by atoms with E-state index in [0.29, 0.717) is 16.7 Å². The molecule has 0 radical (unpaired) electrons. The molecular weight excluding hydrogens is 208 g/mol. The molecule has 4 nitrogen and oxygen atoms in total. The second kappa shape index (κ2) is 3.35. The predicted molar refractivity (Wildman–Crippen MR) is 52.9 cm³/mol. The SMILES string of the molecule is Nc1nc(Cn2cc(Cl)cn2)cs1. The van der Waals surface area contributed by atoms with Gasteiger partial charge in [-0.15, -0.1) is 11.3 Å². The zero-order valence-corrected chi connectivity index (χ0v) is 8.22. The molecule has 2 N–H and O–H groups in total. The van der Waals surface area contributed by atoms with Crippen LogP contribution in [0.5, 0.6) is 0 Å². The highest BCUT2D eigenvalue weighted by Crippen LogP contribution is 2.13. The van der Waals surface area contributed by atoms with Gasteiger partial charge >= 0.3 is 0 Å². The molecule has 0 amide bonds. The second-order valence-corrected chi connectivity index (χ2v) is 3.86. The molecule has 0 bridgehead atoms. The molecular formula is C7H7ClN4S. The zero-order valence-electron chi connectivity index (χ0n) is 6.64. The minimum absolute atomic E-state index is 0.577. The average molecular weight is 215 g/mol. The van der Waals surface area contributed by atoms with Gasteiger partial charge in [-0.05, 0) is 0 Å². The minimum Gasteiger partial charge on any atom is -0.375 e. The molecule has 68 valence electrons. The van der Waals surface area contributed by atoms with Crippen molar-refractivity contribution in [2.24, 2.45) is 0 Å². The van der Waals surface area contributed by atoms with E-state index in [2.05, 4.69) is 10.1 Å². The molecule has 0 aliphatic carbocycles. The summed E-state index contributed by atoms with van der Waals surface area (Å²) in [4.78, 5) is 4.11. The highest BCUT2D eigenvalue weighted by molar-refractivity contribution is 7.13. The lowest BCUT2D eigenvalue weighted by Crippen LogP contribution is -2.00. The third-order valence-corrected chi connectivity index (χ3v) is 2.41. The van der Waals surface area contributed by atoms with Crippen LogP contribution in [0.15, 0.2) is 17.8 Å². The van der Waals surface area contributed by atoms with Gasteiger partial charge in [0.2, 0.25) is 0 Å². The van der Waals surface area contributed by atoms with Crippen molar-refractivity contribution in [1.29, 1.82) is 0 Å². The monoisotopic (exact) mass is 214 g/mol. The Morgan fingerprint density at radius 2 is 2.46 bits per heavy atom. The van der Waals surface area contributed by atoms with Gasteiger partial charge in [0.25, 0.3) is 0 Å². The van der Waals surface area contributed by atoms with Gasteiger partial charge in [0.15, 0.2) is 5.13 Å². The first-order chi connectivity index (χ1) is 6.24. The fraction of sp³-hybridized carbons (Fsp3) is 0.143. The molecule has 2 aromatic heterocycles. The largest absolute Gasteiger partial charge is 0.375 e. The van der Waals surface area contributed by atoms with Crippen LogP contribution >= 0.6 is 22.9 Å². The normalized spacial score (nSPS) is 10.5. The maximum atomic E-state index is 5.71. The topological polar surface area (TPSA) is 56.7 Å². The fourth-order valence-electron chi connectivity index (χ4n) is 0.986. The van der Waals surface area contributed by atoms with Crippen LogP contribution in [0.4, 0.5) is 5.13 Å². The molecule has 0 aliphatic heterocycles. The van der Waals surface area contributed by atoms with Gasteiger partial charge < -0.3 is 5.73 Å². The van der Waals surface area contributed by atoms with Crippen molar-refractivity contribution in [3.8, 4) is 0 Å². The van der Waals surface area contributed by atoms with Crippen LogP contribution in [0.25, 0.3) is 0 Å². The van der Waals surface area contributed by atoms with Gasteiger partial charge in [0, 0.05) is 11.6 Å². The van der Waals surface area contributed by atoms with Crippen LogP contribution in [-0.4, -0.2) is 14.8 Å². The number of hydrogen-bond donors (Lipinski definition) is 1. The highest BCUT2D eigenvalue weighted by atomic mass is 35.5. The molecule has 0 aliphatic rings. The van der Waals surface area contributed by atoms with E-state index in [1.54, 1.807) is 17.1 Å². The van der Waals surface area contributed by atoms with Crippen LogP contribution in [0, 0.1) is 0 Å². The zero-order chi connectivity index (χ0) is 9.26. The van der Waals surface area contributed by atoms with E-state index in [4.69, 9.17) is 17.3 Å². The number of aromatic nitrogens is 3. The van der Waals surface area contributed by atoms with Crippen molar-refractivity contribution < 1.29 is 0 Å². The third kappa shape index (κ3) is 1.99. The van der Waals surface area contributed by atoms with Gasteiger partial charge in [-0.2, -0.15) is 5.10 Å². The standard InChI is InChI=1S/C7H7ClN4S/c8-5-1-10-12(2-5)3-6-4-13-7(9)11-6/h1-2,4H,3H2,(H2,9,11). The van der Waals surface area contributed by atoms with Crippen molar-refractivity contribution in [3.63, 3.8) is 0 Å². The predicted octanol–water partition coefficient (Wildman–Crippen LogP) is 1.62. The molecule has 0 spiro atoms. The second-order valence-electron chi connectivity index (χ2n) is 2.53. The lowest BCUT2D eigenvalue weighted by Gasteiger charge is -1.95. The number of anilines is 1. The number of nitrogen functional groups attached to an aromatic ring is 1.